The maximum Gasteiger partial charge on any atom is 0.269 e. The number of fused-ring (bicyclic) bond motifs is 1. The molecule has 0 spiro atoms. The molecule has 0 radical (unpaired) electrons. The summed E-state index contributed by atoms with van der Waals surface area (Å²) in [5.74, 6) is -1.19. The lowest BCUT2D eigenvalue weighted by atomic mass is 10.2. The lowest BCUT2D eigenvalue weighted by Crippen LogP contribution is -2.40. The number of nitrogens with zero attached hydrogens (tertiary/aromatic N) is 2. The average Bonchev–Trinajstić information content (AvgIpc) is 3.30. The molecule has 0 aromatic heterocycles. The first kappa shape index (κ1) is 18.5. The molecule has 0 bridgehead atoms. The molecular weight excluding hydrogens is 378 g/mol. The van der Waals surface area contributed by atoms with Gasteiger partial charge in [-0.05, 0) is 42.7 Å². The van der Waals surface area contributed by atoms with Gasteiger partial charge in [-0.2, -0.15) is 0 Å². The van der Waals surface area contributed by atoms with Gasteiger partial charge in [0.15, 0.2) is 0 Å². The highest BCUT2D eigenvalue weighted by atomic mass is 32.2. The third kappa shape index (κ3) is 3.35. The van der Waals surface area contributed by atoms with E-state index in [2.05, 4.69) is 10.2 Å². The summed E-state index contributed by atoms with van der Waals surface area (Å²) >= 11 is 0. The molecule has 2 amide bonds. The first-order chi connectivity index (χ1) is 13.5. The number of sulfonamides is 1. The Morgan fingerprint density at radius 3 is 2.36 bits per heavy atom. The van der Waals surface area contributed by atoms with Crippen molar-refractivity contribution in [1.29, 1.82) is 0 Å². The van der Waals surface area contributed by atoms with Gasteiger partial charge in [0.05, 0.1) is 5.56 Å². The predicted molar refractivity (Wildman–Crippen MR) is 104 cm³/mol. The minimum absolute atomic E-state index is 0.0506. The summed E-state index contributed by atoms with van der Waals surface area (Å²) in [6.45, 7) is 1.88. The van der Waals surface area contributed by atoms with Crippen LogP contribution in [0.25, 0.3) is 0 Å². The number of hydrogen-bond donors (Lipinski definition) is 1. The van der Waals surface area contributed by atoms with Crippen molar-refractivity contribution in [3.05, 3.63) is 59.7 Å². The monoisotopic (exact) mass is 399 g/mol. The van der Waals surface area contributed by atoms with E-state index in [0.717, 1.165) is 18.7 Å². The summed E-state index contributed by atoms with van der Waals surface area (Å²) in [6.07, 6.45) is 2.42. The zero-order valence-electron chi connectivity index (χ0n) is 15.3. The summed E-state index contributed by atoms with van der Waals surface area (Å²) in [5.41, 5.74) is 2.18. The Morgan fingerprint density at radius 2 is 1.68 bits per heavy atom. The molecular formula is C20H21N3O4S. The van der Waals surface area contributed by atoms with Gasteiger partial charge in [-0.1, -0.05) is 24.3 Å². The van der Waals surface area contributed by atoms with Crippen LogP contribution in [0.1, 0.15) is 28.8 Å². The van der Waals surface area contributed by atoms with E-state index in [1.54, 1.807) is 12.1 Å². The second-order valence-electron chi connectivity index (χ2n) is 6.95. The van der Waals surface area contributed by atoms with Gasteiger partial charge in [-0.3, -0.25) is 9.59 Å². The fourth-order valence-electron chi connectivity index (χ4n) is 3.57. The maximum absolute atomic E-state index is 12.5. The van der Waals surface area contributed by atoms with Crippen LogP contribution in [0.5, 0.6) is 0 Å². The van der Waals surface area contributed by atoms with Gasteiger partial charge in [0.25, 0.3) is 15.9 Å². The summed E-state index contributed by atoms with van der Waals surface area (Å²) < 4.78 is 25.6. The molecule has 146 valence electrons. The number of nitrogens with one attached hydrogen (secondary N) is 1. The van der Waals surface area contributed by atoms with Crippen LogP contribution in [0, 0.1) is 0 Å². The van der Waals surface area contributed by atoms with Crippen molar-refractivity contribution in [2.75, 3.05) is 24.5 Å². The van der Waals surface area contributed by atoms with Crippen LogP contribution < -0.4 is 10.2 Å². The number of benzene rings is 2. The fraction of sp³-hybridized carbons (Fsp3) is 0.300. The van der Waals surface area contributed by atoms with Gasteiger partial charge in [0.2, 0.25) is 5.91 Å². The van der Waals surface area contributed by atoms with E-state index in [1.165, 1.54) is 30.7 Å². The van der Waals surface area contributed by atoms with Crippen molar-refractivity contribution in [3.8, 4) is 0 Å². The van der Waals surface area contributed by atoms with Gasteiger partial charge in [0, 0.05) is 25.3 Å². The quantitative estimate of drug-likeness (QED) is 0.828. The molecule has 7 nitrogen and oxygen atoms in total. The minimum atomic E-state index is -3.97. The molecule has 2 aromatic rings. The topological polar surface area (TPSA) is 86.8 Å². The number of hydrogen-bond acceptors (Lipinski definition) is 5. The van der Waals surface area contributed by atoms with E-state index < -0.39 is 28.4 Å². The number of carbonyl (C=O) groups is 2. The molecule has 4 rings (SSSR count). The van der Waals surface area contributed by atoms with Crippen LogP contribution in [0.4, 0.5) is 5.69 Å². The van der Waals surface area contributed by atoms with Crippen molar-refractivity contribution in [3.63, 3.8) is 0 Å². The molecule has 2 aliphatic heterocycles. The summed E-state index contributed by atoms with van der Waals surface area (Å²) in [7, 11) is -3.97. The Hall–Kier alpha value is -2.87. The highest BCUT2D eigenvalue weighted by molar-refractivity contribution is 7.90. The van der Waals surface area contributed by atoms with Gasteiger partial charge in [-0.15, -0.1) is 0 Å². The van der Waals surface area contributed by atoms with Crippen LogP contribution in [-0.4, -0.2) is 44.2 Å². The van der Waals surface area contributed by atoms with Crippen molar-refractivity contribution in [2.45, 2.75) is 24.3 Å². The Balaban J connectivity index is 1.37. The van der Waals surface area contributed by atoms with Gasteiger partial charge >= 0.3 is 0 Å². The van der Waals surface area contributed by atoms with Crippen molar-refractivity contribution in [2.24, 2.45) is 0 Å². The number of anilines is 1. The second kappa shape index (κ2) is 7.27. The summed E-state index contributed by atoms with van der Waals surface area (Å²) in [5, 5.41) is 2.69. The molecule has 0 atom stereocenters. The standard InChI is InChI=1S/C20H21N3O4S/c24-19(14-23-20(25)17-5-1-2-6-18(17)28(23,26)27)21-13-15-7-9-16(10-8-15)22-11-3-4-12-22/h1-2,5-10H,3-4,11-14H2,(H,21,24). The van der Waals surface area contributed by atoms with Crippen LogP contribution in [-0.2, 0) is 21.4 Å². The second-order valence-corrected chi connectivity index (χ2v) is 8.78. The third-order valence-corrected chi connectivity index (χ3v) is 6.88. The average molecular weight is 399 g/mol. The maximum atomic E-state index is 12.5. The molecule has 0 saturated carbocycles. The normalized spacial score (nSPS) is 17.6. The van der Waals surface area contributed by atoms with E-state index in [1.807, 2.05) is 24.3 Å². The van der Waals surface area contributed by atoms with Crippen LogP contribution >= 0.6 is 0 Å². The minimum Gasteiger partial charge on any atom is -0.372 e. The molecule has 2 aromatic carbocycles. The number of rotatable bonds is 5. The fourth-order valence-corrected chi connectivity index (χ4v) is 5.10. The lowest BCUT2D eigenvalue weighted by molar-refractivity contribution is -0.121. The van der Waals surface area contributed by atoms with Crippen LogP contribution in [0.15, 0.2) is 53.4 Å². The molecule has 0 aliphatic carbocycles. The zero-order chi connectivity index (χ0) is 19.7. The lowest BCUT2D eigenvalue weighted by Gasteiger charge is -2.18. The zero-order valence-corrected chi connectivity index (χ0v) is 16.1. The third-order valence-electron chi connectivity index (χ3n) is 5.10. The Morgan fingerprint density at radius 1 is 1.00 bits per heavy atom. The summed E-state index contributed by atoms with van der Waals surface area (Å²) in [6, 6.07) is 13.9. The molecule has 1 N–H and O–H groups in total. The van der Waals surface area contributed by atoms with E-state index >= 15 is 0 Å². The molecule has 2 heterocycles. The Labute approximate surface area is 164 Å². The van der Waals surface area contributed by atoms with Gasteiger partial charge in [-0.25, -0.2) is 12.7 Å². The molecule has 2 aliphatic rings. The van der Waals surface area contributed by atoms with Crippen molar-refractivity contribution < 1.29 is 18.0 Å². The first-order valence-corrected chi connectivity index (χ1v) is 10.7. The smallest absolute Gasteiger partial charge is 0.269 e. The predicted octanol–water partition coefficient (Wildman–Crippen LogP) is 1.75. The van der Waals surface area contributed by atoms with Crippen molar-refractivity contribution >= 4 is 27.5 Å². The SMILES string of the molecule is O=C(CN1C(=O)c2ccccc2S1(=O)=O)NCc1ccc(N2CCCC2)cc1. The summed E-state index contributed by atoms with van der Waals surface area (Å²) in [4.78, 5) is 26.9. The van der Waals surface area contributed by atoms with Gasteiger partial charge < -0.3 is 10.2 Å². The Kier molecular flexibility index (Phi) is 4.80. The number of carbonyl (C=O) groups excluding carboxylic acids is 2. The largest absolute Gasteiger partial charge is 0.372 e. The van der Waals surface area contributed by atoms with E-state index in [9.17, 15) is 18.0 Å². The van der Waals surface area contributed by atoms with Crippen LogP contribution in [0.3, 0.4) is 0 Å². The first-order valence-electron chi connectivity index (χ1n) is 9.23. The Bertz CT molecular complexity index is 1010. The van der Waals surface area contributed by atoms with Crippen LogP contribution in [0.2, 0.25) is 0 Å². The molecule has 8 heteroatoms. The molecule has 28 heavy (non-hydrogen) atoms. The van der Waals surface area contributed by atoms with E-state index in [0.29, 0.717) is 4.31 Å². The molecule has 1 fully saturated rings. The molecule has 0 unspecified atom stereocenters. The highest BCUT2D eigenvalue weighted by Gasteiger charge is 2.41. The highest BCUT2D eigenvalue weighted by Crippen LogP contribution is 2.29. The van der Waals surface area contributed by atoms with Crippen molar-refractivity contribution in [1.82, 2.24) is 9.62 Å². The van der Waals surface area contributed by atoms with E-state index in [4.69, 9.17) is 0 Å². The van der Waals surface area contributed by atoms with E-state index in [-0.39, 0.29) is 17.0 Å². The number of amides is 2. The van der Waals surface area contributed by atoms with Gasteiger partial charge in [0.1, 0.15) is 11.4 Å². The molecule has 1 saturated heterocycles.